The van der Waals surface area contributed by atoms with Crippen LogP contribution < -0.4 is 10.6 Å². The zero-order chi connectivity index (χ0) is 21.3. The summed E-state index contributed by atoms with van der Waals surface area (Å²) < 4.78 is 2.06. The predicted molar refractivity (Wildman–Crippen MR) is 138 cm³/mol. The summed E-state index contributed by atoms with van der Waals surface area (Å²) in [6, 6.07) is 19.2. The fourth-order valence-electron chi connectivity index (χ4n) is 2.99. The van der Waals surface area contributed by atoms with Gasteiger partial charge in [-0.2, -0.15) is 0 Å². The molecule has 3 aromatic carbocycles. The first-order valence-corrected chi connectivity index (χ1v) is 11.6. The molecule has 0 unspecified atom stereocenters. The van der Waals surface area contributed by atoms with Gasteiger partial charge in [-0.1, -0.05) is 35.9 Å². The van der Waals surface area contributed by atoms with E-state index in [2.05, 4.69) is 39.3 Å². The number of nitrogens with one attached hydrogen (secondary N) is 2. The van der Waals surface area contributed by atoms with Crippen molar-refractivity contribution in [3.05, 3.63) is 80.4 Å². The number of fused-ring (bicyclic) bond motifs is 1. The number of carbonyl (C=O) groups excluding carboxylic acids is 1. The van der Waals surface area contributed by atoms with Crippen molar-refractivity contribution in [3.8, 4) is 10.6 Å². The molecule has 1 amide bonds. The Kier molecular flexibility index (Phi) is 6.33. The van der Waals surface area contributed by atoms with E-state index in [-0.39, 0.29) is 11.0 Å². The number of carbonyl (C=O) groups is 1. The highest BCUT2D eigenvalue weighted by Crippen LogP contribution is 2.34. The van der Waals surface area contributed by atoms with Crippen molar-refractivity contribution >= 4 is 84.7 Å². The van der Waals surface area contributed by atoms with Crippen LogP contribution in [0, 0.1) is 10.5 Å². The van der Waals surface area contributed by atoms with Gasteiger partial charge in [0.15, 0.2) is 5.11 Å². The molecule has 4 nitrogen and oxygen atoms in total. The number of anilines is 1. The summed E-state index contributed by atoms with van der Waals surface area (Å²) in [5.74, 6) is -0.351. The van der Waals surface area contributed by atoms with Gasteiger partial charge in [-0.05, 0) is 83.7 Å². The smallest absolute Gasteiger partial charge is 0.258 e. The van der Waals surface area contributed by atoms with Crippen molar-refractivity contribution in [3.63, 3.8) is 0 Å². The topological polar surface area (TPSA) is 54.0 Å². The average molecular weight is 564 g/mol. The molecule has 150 valence electrons. The van der Waals surface area contributed by atoms with Crippen LogP contribution >= 0.6 is 57.7 Å². The van der Waals surface area contributed by atoms with Crippen LogP contribution in [0.1, 0.15) is 15.9 Å². The standard InChI is InChI=1S/C22H15ClIN3OS2/c1-12-14(21-25-18-6-2-3-8-19(18)30-21)5-4-7-17(12)26-22(29)27-20(28)15-11-13(24)9-10-16(15)23/h2-11H,1H3,(H2,26,27,28,29). The number of thiocarbonyl (C=S) groups is 1. The summed E-state index contributed by atoms with van der Waals surface area (Å²) in [4.78, 5) is 17.3. The van der Waals surface area contributed by atoms with E-state index < -0.39 is 0 Å². The fraction of sp³-hybridized carbons (Fsp3) is 0.0455. The molecule has 4 rings (SSSR count). The lowest BCUT2D eigenvalue weighted by atomic mass is 10.1. The Bertz CT molecular complexity index is 1260. The first kappa shape index (κ1) is 21.2. The minimum Gasteiger partial charge on any atom is -0.332 e. The van der Waals surface area contributed by atoms with Gasteiger partial charge in [0, 0.05) is 14.8 Å². The van der Waals surface area contributed by atoms with Gasteiger partial charge >= 0.3 is 0 Å². The molecular weight excluding hydrogens is 549 g/mol. The summed E-state index contributed by atoms with van der Waals surface area (Å²) in [6.07, 6.45) is 0. The van der Waals surface area contributed by atoms with Gasteiger partial charge in [0.25, 0.3) is 5.91 Å². The molecule has 0 saturated carbocycles. The number of halogens is 2. The molecule has 0 saturated heterocycles. The number of aromatic nitrogens is 1. The van der Waals surface area contributed by atoms with Crippen molar-refractivity contribution in [2.45, 2.75) is 6.92 Å². The van der Waals surface area contributed by atoms with E-state index in [0.29, 0.717) is 10.6 Å². The minimum atomic E-state index is -0.351. The number of hydrogen-bond acceptors (Lipinski definition) is 4. The van der Waals surface area contributed by atoms with Gasteiger partial charge in [-0.3, -0.25) is 10.1 Å². The lowest BCUT2D eigenvalue weighted by Gasteiger charge is -2.14. The van der Waals surface area contributed by atoms with Crippen molar-refractivity contribution in [2.24, 2.45) is 0 Å². The molecule has 30 heavy (non-hydrogen) atoms. The van der Waals surface area contributed by atoms with Crippen LogP contribution in [0.4, 0.5) is 5.69 Å². The number of rotatable bonds is 3. The second-order valence-electron chi connectivity index (χ2n) is 6.50. The quantitative estimate of drug-likeness (QED) is 0.216. The number of amides is 1. The zero-order valence-electron chi connectivity index (χ0n) is 15.7. The molecule has 0 aliphatic heterocycles. The van der Waals surface area contributed by atoms with Gasteiger partial charge in [-0.25, -0.2) is 4.98 Å². The Balaban J connectivity index is 1.55. The van der Waals surface area contributed by atoms with Crippen molar-refractivity contribution in [1.29, 1.82) is 0 Å². The van der Waals surface area contributed by atoms with Crippen LogP contribution in [-0.2, 0) is 0 Å². The molecule has 0 aliphatic carbocycles. The van der Waals surface area contributed by atoms with E-state index in [1.54, 1.807) is 23.5 Å². The third-order valence-corrected chi connectivity index (χ3v) is 6.78. The average Bonchev–Trinajstić information content (AvgIpc) is 3.15. The number of benzene rings is 3. The second-order valence-corrected chi connectivity index (χ2v) is 9.59. The van der Waals surface area contributed by atoms with Crippen LogP contribution in [0.5, 0.6) is 0 Å². The molecule has 4 aromatic rings. The maximum absolute atomic E-state index is 12.6. The molecule has 1 aromatic heterocycles. The van der Waals surface area contributed by atoms with Crippen LogP contribution in [-0.4, -0.2) is 16.0 Å². The van der Waals surface area contributed by atoms with E-state index in [1.165, 1.54) is 0 Å². The molecule has 2 N–H and O–H groups in total. The lowest BCUT2D eigenvalue weighted by molar-refractivity contribution is 0.0978. The maximum atomic E-state index is 12.6. The molecule has 0 atom stereocenters. The Hall–Kier alpha value is -2.07. The lowest BCUT2D eigenvalue weighted by Crippen LogP contribution is -2.34. The van der Waals surface area contributed by atoms with Crippen LogP contribution in [0.25, 0.3) is 20.8 Å². The molecule has 0 radical (unpaired) electrons. The van der Waals surface area contributed by atoms with Crippen molar-refractivity contribution in [1.82, 2.24) is 10.3 Å². The zero-order valence-corrected chi connectivity index (χ0v) is 20.2. The molecule has 0 fully saturated rings. The highest BCUT2D eigenvalue weighted by molar-refractivity contribution is 14.1. The van der Waals surface area contributed by atoms with E-state index in [1.807, 2.05) is 49.4 Å². The van der Waals surface area contributed by atoms with E-state index in [0.717, 1.165) is 35.6 Å². The highest BCUT2D eigenvalue weighted by atomic mass is 127. The summed E-state index contributed by atoms with van der Waals surface area (Å²) in [6.45, 7) is 2.00. The van der Waals surface area contributed by atoms with Gasteiger partial charge in [0.1, 0.15) is 5.01 Å². The Morgan fingerprint density at radius 3 is 2.73 bits per heavy atom. The second kappa shape index (κ2) is 8.97. The van der Waals surface area contributed by atoms with Gasteiger partial charge in [-0.15, -0.1) is 11.3 Å². The molecule has 0 aliphatic rings. The fourth-order valence-corrected chi connectivity index (χ4v) is 4.93. The van der Waals surface area contributed by atoms with Crippen LogP contribution in [0.2, 0.25) is 5.02 Å². The van der Waals surface area contributed by atoms with Gasteiger partial charge in [0.05, 0.1) is 20.8 Å². The van der Waals surface area contributed by atoms with E-state index >= 15 is 0 Å². The van der Waals surface area contributed by atoms with E-state index in [4.69, 9.17) is 28.8 Å². The minimum absolute atomic E-state index is 0.208. The number of hydrogen-bond donors (Lipinski definition) is 2. The summed E-state index contributed by atoms with van der Waals surface area (Å²) in [7, 11) is 0. The van der Waals surface area contributed by atoms with Crippen LogP contribution in [0.15, 0.2) is 60.7 Å². The molecule has 1 heterocycles. The van der Waals surface area contributed by atoms with Crippen molar-refractivity contribution < 1.29 is 4.79 Å². The Morgan fingerprint density at radius 1 is 1.13 bits per heavy atom. The Labute approximate surface area is 201 Å². The monoisotopic (exact) mass is 563 g/mol. The van der Waals surface area contributed by atoms with E-state index in [9.17, 15) is 4.79 Å². The largest absolute Gasteiger partial charge is 0.332 e. The number of thiazole rings is 1. The third-order valence-electron chi connectivity index (χ3n) is 4.51. The van der Waals surface area contributed by atoms with Gasteiger partial charge < -0.3 is 5.32 Å². The summed E-state index contributed by atoms with van der Waals surface area (Å²) in [5.41, 5.74) is 4.20. The molecule has 8 heteroatoms. The predicted octanol–water partition coefficient (Wildman–Crippen LogP) is 6.66. The first-order valence-electron chi connectivity index (χ1n) is 8.95. The SMILES string of the molecule is Cc1c(NC(=S)NC(=O)c2cc(I)ccc2Cl)cccc1-c1nc2ccccc2s1. The van der Waals surface area contributed by atoms with Crippen molar-refractivity contribution in [2.75, 3.05) is 5.32 Å². The third kappa shape index (κ3) is 4.49. The normalized spacial score (nSPS) is 10.8. The molecular formula is C22H15ClIN3OS2. The van der Waals surface area contributed by atoms with Gasteiger partial charge in [0.2, 0.25) is 0 Å². The highest BCUT2D eigenvalue weighted by Gasteiger charge is 2.15. The maximum Gasteiger partial charge on any atom is 0.258 e. The molecule has 0 bridgehead atoms. The summed E-state index contributed by atoms with van der Waals surface area (Å²) >= 11 is 15.3. The number of nitrogens with zero attached hydrogens (tertiary/aromatic N) is 1. The summed E-state index contributed by atoms with van der Waals surface area (Å²) in [5, 5.41) is 7.35. The van der Waals surface area contributed by atoms with Crippen LogP contribution in [0.3, 0.4) is 0 Å². The first-order chi connectivity index (χ1) is 14.4. The molecule has 0 spiro atoms. The number of para-hydroxylation sites is 1. The Morgan fingerprint density at radius 2 is 1.93 bits per heavy atom.